The van der Waals surface area contributed by atoms with Gasteiger partial charge in [0.2, 0.25) is 5.96 Å². The number of aliphatic imine (C=N–C) groups is 1. The minimum Gasteiger partial charge on any atom is -0.345 e. The number of aromatic nitrogens is 1. The monoisotopic (exact) mass is 591 g/mol. The van der Waals surface area contributed by atoms with E-state index in [1.807, 2.05) is 0 Å². The minimum absolute atomic E-state index is 0.00329. The van der Waals surface area contributed by atoms with E-state index in [0.717, 1.165) is 28.6 Å². The third-order valence-electron chi connectivity index (χ3n) is 9.59. The fourth-order valence-electron chi connectivity index (χ4n) is 7.55. The molecule has 0 spiro atoms. The number of hydrogen-bond donors (Lipinski definition) is 2. The van der Waals surface area contributed by atoms with Crippen LogP contribution in [0.25, 0.3) is 38.9 Å². The second-order valence-corrected chi connectivity index (χ2v) is 12.1. The van der Waals surface area contributed by atoms with E-state index < -0.39 is 0 Å². The highest BCUT2D eigenvalue weighted by atomic mass is 15.4. The lowest BCUT2D eigenvalue weighted by atomic mass is 9.91. The number of allylic oxidation sites excluding steroid dienone is 2. The molecule has 5 aromatic carbocycles. The molecule has 10 rings (SSSR count). The number of anilines is 3. The standard InChI is InChI=1S/C41H29N5/c1-3-13-26(14-4-1)28-23-24-33-36(25-28)46(41-42-34-21-11-9-20-32(34)37(43-41)27-15-5-2-6-16-27)40-38(33)45-35-22-12-10-18-30(35)29-17-7-8-19-31(29)39(45)44-40/h1-25,34,39,44H,(H,42,43). The number of para-hydroxylation sites is 1. The van der Waals surface area contributed by atoms with Crippen LogP contribution in [0.2, 0.25) is 0 Å². The molecule has 2 atom stereocenters. The lowest BCUT2D eigenvalue weighted by Gasteiger charge is -2.35. The van der Waals surface area contributed by atoms with Crippen molar-refractivity contribution in [3.05, 3.63) is 168 Å². The van der Waals surface area contributed by atoms with Gasteiger partial charge in [-0.05, 0) is 28.8 Å². The Morgan fingerprint density at radius 1 is 0.630 bits per heavy atom. The lowest BCUT2D eigenvalue weighted by Crippen LogP contribution is -2.42. The van der Waals surface area contributed by atoms with E-state index in [1.54, 1.807) is 0 Å². The fourth-order valence-corrected chi connectivity index (χ4v) is 7.55. The van der Waals surface area contributed by atoms with Crippen LogP contribution in [0.5, 0.6) is 0 Å². The van der Waals surface area contributed by atoms with Gasteiger partial charge in [0.25, 0.3) is 0 Å². The van der Waals surface area contributed by atoms with Gasteiger partial charge in [0, 0.05) is 27.6 Å². The summed E-state index contributed by atoms with van der Waals surface area (Å²) in [7, 11) is 0. The van der Waals surface area contributed by atoms with Gasteiger partial charge in [-0.2, -0.15) is 0 Å². The van der Waals surface area contributed by atoms with Gasteiger partial charge in [-0.25, -0.2) is 4.99 Å². The van der Waals surface area contributed by atoms with Crippen molar-refractivity contribution in [2.24, 2.45) is 4.99 Å². The van der Waals surface area contributed by atoms with Gasteiger partial charge in [-0.1, -0.05) is 140 Å². The van der Waals surface area contributed by atoms with Crippen LogP contribution in [0.3, 0.4) is 0 Å². The van der Waals surface area contributed by atoms with Crippen molar-refractivity contribution in [2.45, 2.75) is 12.2 Å². The molecule has 3 aliphatic heterocycles. The average molecular weight is 592 g/mol. The predicted octanol–water partition coefficient (Wildman–Crippen LogP) is 9.26. The molecule has 5 heteroatoms. The summed E-state index contributed by atoms with van der Waals surface area (Å²) < 4.78 is 2.31. The topological polar surface area (TPSA) is 44.6 Å². The van der Waals surface area contributed by atoms with E-state index >= 15 is 0 Å². The molecule has 2 N–H and O–H groups in total. The molecule has 0 saturated carbocycles. The van der Waals surface area contributed by atoms with E-state index in [0.29, 0.717) is 0 Å². The van der Waals surface area contributed by atoms with Crippen molar-refractivity contribution in [3.8, 4) is 22.3 Å². The van der Waals surface area contributed by atoms with E-state index in [4.69, 9.17) is 4.99 Å². The second kappa shape index (κ2) is 9.71. The van der Waals surface area contributed by atoms with Gasteiger partial charge in [0.1, 0.15) is 12.0 Å². The zero-order valence-electron chi connectivity index (χ0n) is 24.9. The zero-order chi connectivity index (χ0) is 30.2. The molecule has 1 aromatic heterocycles. The Bertz CT molecular complexity index is 2320. The number of benzene rings is 5. The first-order valence-corrected chi connectivity index (χ1v) is 15.8. The van der Waals surface area contributed by atoms with Crippen molar-refractivity contribution >= 4 is 39.8 Å². The lowest BCUT2D eigenvalue weighted by molar-refractivity contribution is 0.794. The van der Waals surface area contributed by atoms with Crippen molar-refractivity contribution < 1.29 is 0 Å². The number of nitrogens with one attached hydrogen (secondary N) is 2. The summed E-state index contributed by atoms with van der Waals surface area (Å²) >= 11 is 0. The Morgan fingerprint density at radius 2 is 1.37 bits per heavy atom. The van der Waals surface area contributed by atoms with Crippen molar-refractivity contribution in [2.75, 3.05) is 10.2 Å². The molecule has 218 valence electrons. The SMILES string of the molecule is C1=CC2=C(c3ccccc3)N=C(n3c4c(c5ccc(-c6ccccc6)cc53)N3c5ccccc5-c5ccccc5C3N4)NC2C=C1. The molecule has 0 radical (unpaired) electrons. The molecular weight excluding hydrogens is 562 g/mol. The number of rotatable bonds is 2. The molecule has 5 nitrogen and oxygen atoms in total. The normalized spacial score (nSPS) is 18.6. The minimum atomic E-state index is -0.0399. The molecule has 6 aromatic rings. The van der Waals surface area contributed by atoms with Gasteiger partial charge >= 0.3 is 0 Å². The molecular formula is C41H29N5. The molecule has 0 saturated heterocycles. The fraction of sp³-hybridized carbons (Fsp3) is 0.0488. The first kappa shape index (κ1) is 25.3. The molecule has 0 fully saturated rings. The highest BCUT2D eigenvalue weighted by molar-refractivity contribution is 6.14. The van der Waals surface area contributed by atoms with E-state index in [1.165, 1.54) is 50.2 Å². The summed E-state index contributed by atoms with van der Waals surface area (Å²) in [5.41, 5.74) is 12.9. The van der Waals surface area contributed by atoms with Gasteiger partial charge in [0.15, 0.2) is 0 Å². The third kappa shape index (κ3) is 3.60. The van der Waals surface area contributed by atoms with Crippen LogP contribution in [0.15, 0.2) is 162 Å². The Kier molecular flexibility index (Phi) is 5.34. The van der Waals surface area contributed by atoms with Gasteiger partial charge in [-0.15, -0.1) is 0 Å². The Hall–Kier alpha value is -6.07. The summed E-state index contributed by atoms with van der Waals surface area (Å²) in [4.78, 5) is 7.91. The first-order valence-electron chi connectivity index (χ1n) is 15.8. The zero-order valence-corrected chi connectivity index (χ0v) is 24.9. The molecule has 0 amide bonds. The van der Waals surface area contributed by atoms with Crippen LogP contribution in [-0.2, 0) is 0 Å². The molecule has 4 heterocycles. The van der Waals surface area contributed by atoms with Crippen LogP contribution in [0, 0.1) is 0 Å². The molecule has 1 aliphatic carbocycles. The van der Waals surface area contributed by atoms with E-state index in [9.17, 15) is 0 Å². The molecule has 4 aliphatic rings. The average Bonchev–Trinajstić information content (AvgIpc) is 3.67. The summed E-state index contributed by atoms with van der Waals surface area (Å²) in [5, 5.41) is 8.99. The van der Waals surface area contributed by atoms with E-state index in [-0.39, 0.29) is 12.2 Å². The summed E-state index contributed by atoms with van der Waals surface area (Å²) in [6.45, 7) is 0. The quantitative estimate of drug-likeness (QED) is 0.211. The molecule has 2 unspecified atom stereocenters. The van der Waals surface area contributed by atoms with E-state index in [2.05, 4.69) is 172 Å². The highest BCUT2D eigenvalue weighted by Crippen LogP contribution is 2.57. The number of nitrogens with zero attached hydrogens (tertiary/aromatic N) is 3. The molecule has 46 heavy (non-hydrogen) atoms. The first-order chi connectivity index (χ1) is 22.8. The summed E-state index contributed by atoms with van der Waals surface area (Å²) in [6.07, 6.45) is 8.57. The van der Waals surface area contributed by atoms with Crippen molar-refractivity contribution in [1.29, 1.82) is 0 Å². The maximum atomic E-state index is 5.42. The smallest absolute Gasteiger partial charge is 0.210 e. The summed E-state index contributed by atoms with van der Waals surface area (Å²) in [5.74, 6) is 1.84. The van der Waals surface area contributed by atoms with Gasteiger partial charge < -0.3 is 15.5 Å². The van der Waals surface area contributed by atoms with Crippen molar-refractivity contribution in [1.82, 2.24) is 9.88 Å². The third-order valence-corrected chi connectivity index (χ3v) is 9.59. The largest absolute Gasteiger partial charge is 0.345 e. The van der Waals surface area contributed by atoms with Gasteiger partial charge in [0.05, 0.1) is 28.6 Å². The van der Waals surface area contributed by atoms with Crippen molar-refractivity contribution in [3.63, 3.8) is 0 Å². The van der Waals surface area contributed by atoms with Gasteiger partial charge in [-0.3, -0.25) is 4.57 Å². The predicted molar refractivity (Wildman–Crippen MR) is 189 cm³/mol. The van der Waals surface area contributed by atoms with Crippen LogP contribution >= 0.6 is 0 Å². The highest BCUT2D eigenvalue weighted by Gasteiger charge is 2.42. The number of fused-ring (bicyclic) bond motifs is 11. The van der Waals surface area contributed by atoms with Crippen LogP contribution in [0.1, 0.15) is 17.3 Å². The Balaban J connectivity index is 1.26. The van der Waals surface area contributed by atoms with Crippen LogP contribution in [0.4, 0.5) is 17.2 Å². The Morgan fingerprint density at radius 3 is 2.22 bits per heavy atom. The Labute approximate surface area is 267 Å². The van der Waals surface area contributed by atoms with Crippen LogP contribution in [-0.4, -0.2) is 16.6 Å². The second-order valence-electron chi connectivity index (χ2n) is 12.1. The maximum absolute atomic E-state index is 5.42. The summed E-state index contributed by atoms with van der Waals surface area (Å²) in [6, 6.07) is 45.5. The molecule has 0 bridgehead atoms. The maximum Gasteiger partial charge on any atom is 0.210 e. The van der Waals surface area contributed by atoms with Crippen LogP contribution < -0.4 is 15.5 Å². The number of hydrogen-bond acceptors (Lipinski definition) is 4.